The third-order valence-corrected chi connectivity index (χ3v) is 4.02. The summed E-state index contributed by atoms with van der Waals surface area (Å²) in [4.78, 5) is 25.3. The number of aromatic nitrogens is 3. The van der Waals surface area contributed by atoms with Crippen LogP contribution in [0.2, 0.25) is 0 Å². The fourth-order valence-electron chi connectivity index (χ4n) is 2.62. The molecule has 2 aromatic heterocycles. The van der Waals surface area contributed by atoms with E-state index in [4.69, 9.17) is 0 Å². The Labute approximate surface area is 152 Å². The van der Waals surface area contributed by atoms with E-state index in [9.17, 15) is 4.79 Å². The lowest BCUT2D eigenvalue weighted by molar-refractivity contribution is 0.102. The highest BCUT2D eigenvalue weighted by molar-refractivity contribution is 6.03. The molecule has 0 saturated carbocycles. The van der Waals surface area contributed by atoms with Crippen LogP contribution in [0.15, 0.2) is 54.9 Å². The maximum absolute atomic E-state index is 12.6. The minimum atomic E-state index is -0.253. The van der Waals surface area contributed by atoms with Crippen LogP contribution in [0.4, 0.5) is 11.6 Å². The van der Waals surface area contributed by atoms with Gasteiger partial charge < -0.3 is 10.6 Å². The Morgan fingerprint density at radius 3 is 2.69 bits per heavy atom. The third kappa shape index (κ3) is 4.22. The van der Waals surface area contributed by atoms with Gasteiger partial charge in [0.15, 0.2) is 0 Å². The summed E-state index contributed by atoms with van der Waals surface area (Å²) in [6.07, 6.45) is 4.15. The van der Waals surface area contributed by atoms with Crippen LogP contribution in [0.1, 0.15) is 34.2 Å². The van der Waals surface area contributed by atoms with Gasteiger partial charge in [-0.25, -0.2) is 9.97 Å². The molecule has 0 aliphatic rings. The monoisotopic (exact) mass is 347 g/mol. The fraction of sp³-hybridized carbons (Fsp3) is 0.200. The topological polar surface area (TPSA) is 79.8 Å². The minimum absolute atomic E-state index is 0.253. The molecule has 0 bridgehead atoms. The summed E-state index contributed by atoms with van der Waals surface area (Å²) in [7, 11) is 0. The second-order valence-corrected chi connectivity index (χ2v) is 5.86. The average molecular weight is 347 g/mol. The van der Waals surface area contributed by atoms with E-state index in [1.807, 2.05) is 43.3 Å². The number of nitrogens with one attached hydrogen (secondary N) is 2. The van der Waals surface area contributed by atoms with Crippen LogP contribution >= 0.6 is 0 Å². The number of carbonyl (C=O) groups excluding carboxylic acids is 1. The third-order valence-electron chi connectivity index (χ3n) is 4.02. The lowest BCUT2D eigenvalue weighted by Gasteiger charge is -2.13. The second kappa shape index (κ2) is 8.20. The highest BCUT2D eigenvalue weighted by Gasteiger charge is 2.12. The first-order valence-electron chi connectivity index (χ1n) is 8.54. The van der Waals surface area contributed by atoms with E-state index >= 15 is 0 Å². The lowest BCUT2D eigenvalue weighted by Crippen LogP contribution is -2.17. The van der Waals surface area contributed by atoms with Gasteiger partial charge in [-0.1, -0.05) is 31.2 Å². The summed E-state index contributed by atoms with van der Waals surface area (Å²) >= 11 is 0. The van der Waals surface area contributed by atoms with Gasteiger partial charge in [0.25, 0.3) is 5.91 Å². The van der Waals surface area contributed by atoms with Gasteiger partial charge in [0, 0.05) is 18.1 Å². The first-order valence-corrected chi connectivity index (χ1v) is 8.54. The Morgan fingerprint density at radius 1 is 1.04 bits per heavy atom. The standard InChI is InChI=1S/C20H21N5O/c1-3-15-8-6-7-14(2)18(15)25-19(26)17-10-12-22-20(24-17)23-13-16-9-4-5-11-21-16/h4-12H,3,13H2,1-2H3,(H,25,26)(H,22,23,24). The van der Waals surface area contributed by atoms with Crippen LogP contribution in [0.3, 0.4) is 0 Å². The molecule has 2 N–H and O–H groups in total. The normalized spacial score (nSPS) is 10.4. The Hall–Kier alpha value is -3.28. The van der Waals surface area contributed by atoms with E-state index in [0.29, 0.717) is 18.2 Å². The molecule has 0 aliphatic heterocycles. The summed E-state index contributed by atoms with van der Waals surface area (Å²) in [5, 5.41) is 6.07. The smallest absolute Gasteiger partial charge is 0.274 e. The summed E-state index contributed by atoms with van der Waals surface area (Å²) < 4.78 is 0. The first-order chi connectivity index (χ1) is 12.7. The molecule has 3 rings (SSSR count). The van der Waals surface area contributed by atoms with Crippen molar-refractivity contribution in [1.29, 1.82) is 0 Å². The molecule has 0 fully saturated rings. The molecule has 26 heavy (non-hydrogen) atoms. The summed E-state index contributed by atoms with van der Waals surface area (Å²) in [6.45, 7) is 4.53. The van der Waals surface area contributed by atoms with Crippen molar-refractivity contribution in [2.75, 3.05) is 10.6 Å². The molecule has 6 nitrogen and oxygen atoms in total. The van der Waals surface area contributed by atoms with Crippen LogP contribution in [0, 0.1) is 6.92 Å². The van der Waals surface area contributed by atoms with Crippen molar-refractivity contribution in [3.63, 3.8) is 0 Å². The lowest BCUT2D eigenvalue weighted by atomic mass is 10.1. The van der Waals surface area contributed by atoms with Gasteiger partial charge in [0.2, 0.25) is 5.95 Å². The zero-order valence-corrected chi connectivity index (χ0v) is 14.9. The average Bonchev–Trinajstić information content (AvgIpc) is 2.69. The number of nitrogens with zero attached hydrogens (tertiary/aromatic N) is 3. The van der Waals surface area contributed by atoms with Crippen LogP contribution in [-0.4, -0.2) is 20.9 Å². The molecule has 132 valence electrons. The van der Waals surface area contributed by atoms with Gasteiger partial charge in [-0.2, -0.15) is 0 Å². The van der Waals surface area contributed by atoms with Crippen molar-refractivity contribution in [3.8, 4) is 0 Å². The molecule has 0 atom stereocenters. The number of hydrogen-bond donors (Lipinski definition) is 2. The van der Waals surface area contributed by atoms with Crippen molar-refractivity contribution in [3.05, 3.63) is 77.4 Å². The molecule has 1 amide bonds. The number of benzene rings is 1. The largest absolute Gasteiger partial charge is 0.349 e. The minimum Gasteiger partial charge on any atom is -0.349 e. The van der Waals surface area contributed by atoms with Gasteiger partial charge in [0.05, 0.1) is 12.2 Å². The molecular formula is C20H21N5O. The van der Waals surface area contributed by atoms with E-state index in [1.165, 1.54) is 0 Å². The number of pyridine rings is 1. The quantitative estimate of drug-likeness (QED) is 0.712. The summed E-state index contributed by atoms with van der Waals surface area (Å²) in [6, 6.07) is 13.3. The number of amides is 1. The zero-order chi connectivity index (χ0) is 18.4. The van der Waals surface area contributed by atoms with Gasteiger partial charge >= 0.3 is 0 Å². The fourth-order valence-corrected chi connectivity index (χ4v) is 2.62. The predicted octanol–water partition coefficient (Wildman–Crippen LogP) is 3.61. The maximum Gasteiger partial charge on any atom is 0.274 e. The van der Waals surface area contributed by atoms with Gasteiger partial charge in [0.1, 0.15) is 5.69 Å². The summed E-state index contributed by atoms with van der Waals surface area (Å²) in [5.74, 6) is 0.140. The molecule has 2 heterocycles. The second-order valence-electron chi connectivity index (χ2n) is 5.86. The van der Waals surface area contributed by atoms with Crippen molar-refractivity contribution in [2.24, 2.45) is 0 Å². The molecule has 6 heteroatoms. The van der Waals surface area contributed by atoms with E-state index < -0.39 is 0 Å². The van der Waals surface area contributed by atoms with Gasteiger partial charge in [-0.3, -0.25) is 9.78 Å². The summed E-state index contributed by atoms with van der Waals surface area (Å²) in [5.41, 5.74) is 4.16. The molecule has 0 unspecified atom stereocenters. The molecule has 1 aromatic carbocycles. The van der Waals surface area contributed by atoms with Gasteiger partial charge in [-0.05, 0) is 42.7 Å². The van der Waals surface area contributed by atoms with Crippen molar-refractivity contribution in [2.45, 2.75) is 26.8 Å². The Morgan fingerprint density at radius 2 is 1.92 bits per heavy atom. The van der Waals surface area contributed by atoms with E-state index in [1.54, 1.807) is 18.5 Å². The number of carbonyl (C=O) groups is 1. The van der Waals surface area contributed by atoms with Gasteiger partial charge in [-0.15, -0.1) is 0 Å². The molecule has 0 aliphatic carbocycles. The van der Waals surface area contributed by atoms with Crippen LogP contribution in [-0.2, 0) is 13.0 Å². The van der Waals surface area contributed by atoms with Crippen LogP contribution in [0.25, 0.3) is 0 Å². The molecule has 0 spiro atoms. The molecule has 3 aromatic rings. The van der Waals surface area contributed by atoms with Crippen LogP contribution < -0.4 is 10.6 Å². The number of hydrogen-bond acceptors (Lipinski definition) is 5. The van der Waals surface area contributed by atoms with E-state index in [-0.39, 0.29) is 5.91 Å². The molecular weight excluding hydrogens is 326 g/mol. The zero-order valence-electron chi connectivity index (χ0n) is 14.9. The van der Waals surface area contributed by atoms with E-state index in [2.05, 4.69) is 32.5 Å². The molecule has 0 saturated heterocycles. The number of rotatable bonds is 6. The van der Waals surface area contributed by atoms with Crippen molar-refractivity contribution < 1.29 is 4.79 Å². The maximum atomic E-state index is 12.6. The Kier molecular flexibility index (Phi) is 5.53. The number of anilines is 2. The SMILES string of the molecule is CCc1cccc(C)c1NC(=O)c1ccnc(NCc2ccccn2)n1. The van der Waals surface area contributed by atoms with E-state index in [0.717, 1.165) is 28.9 Å². The number of para-hydroxylation sites is 1. The molecule has 0 radical (unpaired) electrons. The number of aryl methyl sites for hydroxylation is 2. The predicted molar refractivity (Wildman–Crippen MR) is 102 cm³/mol. The van der Waals surface area contributed by atoms with Crippen molar-refractivity contribution in [1.82, 2.24) is 15.0 Å². The first kappa shape index (κ1) is 17.5. The highest BCUT2D eigenvalue weighted by Crippen LogP contribution is 2.21. The Bertz CT molecular complexity index is 896. The highest BCUT2D eigenvalue weighted by atomic mass is 16.1. The van der Waals surface area contributed by atoms with Crippen molar-refractivity contribution >= 4 is 17.5 Å². The Balaban J connectivity index is 1.72. The van der Waals surface area contributed by atoms with Crippen LogP contribution in [0.5, 0.6) is 0 Å².